The van der Waals surface area contributed by atoms with Gasteiger partial charge in [0.25, 0.3) is 11.8 Å². The number of hydrogen-bond donors (Lipinski definition) is 18. The van der Waals surface area contributed by atoms with E-state index in [2.05, 4.69) is 78.0 Å². The van der Waals surface area contributed by atoms with Crippen LogP contribution in [0.15, 0.2) is 36.9 Å². The van der Waals surface area contributed by atoms with Gasteiger partial charge in [-0.25, -0.2) is 18.7 Å². The third-order valence-corrected chi connectivity index (χ3v) is 20.8. The van der Waals surface area contributed by atoms with E-state index in [1.165, 1.54) is 37.1 Å². The number of aromatic nitrogens is 12. The molecule has 5 aliphatic rings. The number of amides is 8. The van der Waals surface area contributed by atoms with Crippen LogP contribution < -0.4 is 31.9 Å². The van der Waals surface area contributed by atoms with Crippen LogP contribution in [0.5, 0.6) is 0 Å². The van der Waals surface area contributed by atoms with Crippen LogP contribution in [-0.2, 0) is 148 Å². The minimum Gasteiger partial charge on any atom is -0.394 e. The van der Waals surface area contributed by atoms with Gasteiger partial charge in [-0.15, -0.1) is 20.4 Å². The first-order chi connectivity index (χ1) is 61.5. The minimum absolute atomic E-state index is 0.00233. The molecule has 9 rings (SSSR count). The van der Waals surface area contributed by atoms with Gasteiger partial charge in [-0.05, 0) is 25.8 Å². The van der Waals surface area contributed by atoms with Crippen molar-refractivity contribution < 1.29 is 156 Å². The molecule has 0 spiro atoms. The molecule has 9 heterocycles. The zero-order valence-corrected chi connectivity index (χ0v) is 71.5. The first-order valence-corrected chi connectivity index (χ1v) is 42.0. The Bertz CT molecular complexity index is 3980. The van der Waals surface area contributed by atoms with Crippen LogP contribution in [-0.4, -0.2) is 437 Å². The van der Waals surface area contributed by atoms with Gasteiger partial charge >= 0.3 is 0 Å². The molecule has 21 atom stereocenters. The Balaban J connectivity index is 0.891. The Morgan fingerprint density at radius 3 is 1.10 bits per heavy atom. The molecule has 1 unspecified atom stereocenters. The van der Waals surface area contributed by atoms with E-state index in [0.717, 1.165) is 17.1 Å². The normalized spacial score (nSPS) is 26.9. The second-order valence-electron chi connectivity index (χ2n) is 30.8. The van der Waals surface area contributed by atoms with Crippen molar-refractivity contribution in [3.63, 3.8) is 0 Å². The second kappa shape index (κ2) is 52.9. The average Bonchev–Trinajstić information content (AvgIpc) is 0.976. The molecule has 4 saturated heterocycles. The molecule has 0 radical (unpaired) electrons. The minimum atomic E-state index is -1.79. The predicted molar refractivity (Wildman–Crippen MR) is 426 cm³/mol. The third-order valence-electron chi connectivity index (χ3n) is 20.8. The molecule has 718 valence electrons. The molecule has 53 nitrogen and oxygen atoms in total. The van der Waals surface area contributed by atoms with E-state index in [-0.39, 0.29) is 171 Å². The fourth-order valence-electron chi connectivity index (χ4n) is 14.3. The molecule has 128 heavy (non-hydrogen) atoms. The van der Waals surface area contributed by atoms with Gasteiger partial charge in [-0.2, -0.15) is 0 Å². The Kier molecular flexibility index (Phi) is 42.6. The predicted octanol–water partition coefficient (Wildman–Crippen LogP) is -11.9. The summed E-state index contributed by atoms with van der Waals surface area (Å²) in [5, 5.41) is 175. The third kappa shape index (κ3) is 32.1. The first kappa shape index (κ1) is 103. The van der Waals surface area contributed by atoms with E-state index in [9.17, 15) is 94.8 Å². The van der Waals surface area contributed by atoms with Crippen LogP contribution in [0.2, 0.25) is 0 Å². The van der Waals surface area contributed by atoms with Gasteiger partial charge in [0.2, 0.25) is 35.4 Å². The lowest BCUT2D eigenvalue weighted by molar-refractivity contribution is -0.316. The number of hydrogen-bond acceptors (Lipinski definition) is 42. The highest BCUT2D eigenvalue weighted by atomic mass is 16.7. The Morgan fingerprint density at radius 1 is 0.414 bits per heavy atom. The second-order valence-corrected chi connectivity index (χ2v) is 30.8. The van der Waals surface area contributed by atoms with E-state index in [1.807, 2.05) is 4.90 Å². The van der Waals surface area contributed by atoms with Crippen molar-refractivity contribution in [2.24, 2.45) is 0 Å². The Labute approximate surface area is 733 Å². The SMILES string of the molecule is CC(=O)N[C@H]1[C@H](OCCOCCn2cc(CN(CCCC[C@@H](C(=O)NCCCNC(=O)CCN3C(=O)C=CC3=O)N(Cc3cn(CCOCCOC4O[C@H](CO)[C@H](O)[C@H](O)[C@H]4NC(C)=O)nn3)Cc3cn(CCOCCO[C@@H]4O[C@H](CO)[C@H](O)[C@H](O)[C@H]4NC(C)=O)nn3)Cc3cn(CCOCCO[C@@H]4O[C@H](CO)[C@H](O)[C@H](O)[C@H]4NC(C)=O)nn3)nn2)O[C@H](O)[C@H](O)[C@@H]1O. The summed E-state index contributed by atoms with van der Waals surface area (Å²) >= 11 is 0. The molecular formula is C75H121N21O32. The molecule has 53 heteroatoms. The Morgan fingerprint density at radius 2 is 0.750 bits per heavy atom. The number of nitrogens with zero attached hydrogens (tertiary/aromatic N) is 15. The summed E-state index contributed by atoms with van der Waals surface area (Å²) < 4.78 is 74.9. The maximum atomic E-state index is 15.1. The monoisotopic (exact) mass is 1830 g/mol. The number of imide groups is 1. The van der Waals surface area contributed by atoms with Gasteiger partial charge < -0.3 is 150 Å². The van der Waals surface area contributed by atoms with Gasteiger partial charge in [0.05, 0.1) is 154 Å². The number of carbonyl (C=O) groups is 8. The molecule has 0 saturated carbocycles. The van der Waals surface area contributed by atoms with Gasteiger partial charge in [0.1, 0.15) is 91.3 Å². The van der Waals surface area contributed by atoms with E-state index in [1.54, 1.807) is 34.2 Å². The maximum Gasteiger partial charge on any atom is 0.253 e. The molecule has 8 amide bonds. The van der Waals surface area contributed by atoms with Crippen molar-refractivity contribution in [2.75, 3.05) is 125 Å². The van der Waals surface area contributed by atoms with Gasteiger partial charge in [-0.3, -0.25) is 53.1 Å². The lowest BCUT2D eigenvalue weighted by Crippen LogP contribution is -2.64. The molecule has 0 aliphatic carbocycles. The molecule has 4 fully saturated rings. The summed E-state index contributed by atoms with van der Waals surface area (Å²) in [7, 11) is 0. The van der Waals surface area contributed by atoms with Crippen molar-refractivity contribution in [1.29, 1.82) is 0 Å². The summed E-state index contributed by atoms with van der Waals surface area (Å²) in [4.78, 5) is 105. The number of carbonyl (C=O) groups excluding carboxylic acids is 8. The first-order valence-electron chi connectivity index (χ1n) is 42.0. The van der Waals surface area contributed by atoms with Crippen LogP contribution in [0, 0.1) is 0 Å². The lowest BCUT2D eigenvalue weighted by Gasteiger charge is -2.42. The highest BCUT2D eigenvalue weighted by molar-refractivity contribution is 6.13. The molecule has 0 bridgehead atoms. The number of unbranched alkanes of at least 4 members (excludes halogenated alkanes) is 1. The van der Waals surface area contributed by atoms with Crippen LogP contribution >= 0.6 is 0 Å². The lowest BCUT2D eigenvalue weighted by atomic mass is 9.97. The van der Waals surface area contributed by atoms with Crippen LogP contribution in [0.25, 0.3) is 0 Å². The van der Waals surface area contributed by atoms with Crippen molar-refractivity contribution in [2.45, 2.75) is 241 Å². The molecule has 4 aromatic rings. The summed E-state index contributed by atoms with van der Waals surface area (Å²) in [6, 6.07) is -5.63. The number of aliphatic hydroxyl groups is 12. The van der Waals surface area contributed by atoms with E-state index in [0.29, 0.717) is 42.2 Å². The summed E-state index contributed by atoms with van der Waals surface area (Å²) in [5.74, 6) is -4.02. The Hall–Kier alpha value is -8.78. The van der Waals surface area contributed by atoms with Gasteiger partial charge in [0.15, 0.2) is 31.5 Å². The highest BCUT2D eigenvalue weighted by Gasteiger charge is 2.49. The van der Waals surface area contributed by atoms with Crippen LogP contribution in [0.4, 0.5) is 0 Å². The van der Waals surface area contributed by atoms with E-state index < -0.39 is 196 Å². The highest BCUT2D eigenvalue weighted by Crippen LogP contribution is 2.27. The van der Waals surface area contributed by atoms with Crippen LogP contribution in [0.3, 0.4) is 0 Å². The van der Waals surface area contributed by atoms with Crippen molar-refractivity contribution >= 4 is 47.3 Å². The maximum absolute atomic E-state index is 15.1. The summed E-state index contributed by atoms with van der Waals surface area (Å²) in [6.45, 7) is 4.63. The molecular weight excluding hydrogens is 1710 g/mol. The van der Waals surface area contributed by atoms with Gasteiger partial charge in [0, 0.05) is 117 Å². The quantitative estimate of drug-likeness (QED) is 0.0144. The van der Waals surface area contributed by atoms with E-state index in [4.69, 9.17) is 56.8 Å². The summed E-state index contributed by atoms with van der Waals surface area (Å²) in [6.07, 6.45) is -12.6. The smallest absolute Gasteiger partial charge is 0.253 e. The van der Waals surface area contributed by atoms with Crippen molar-refractivity contribution in [3.05, 3.63) is 59.7 Å². The number of aliphatic hydroxyl groups excluding tert-OH is 12. The number of rotatable bonds is 57. The average molecular weight is 1830 g/mol. The largest absolute Gasteiger partial charge is 0.394 e. The molecule has 0 aromatic carbocycles. The fraction of sp³-hybridized carbons (Fsp3) is 0.760. The van der Waals surface area contributed by atoms with Crippen molar-refractivity contribution in [1.82, 2.24) is 107 Å². The van der Waals surface area contributed by atoms with E-state index >= 15 is 4.79 Å². The molecule has 5 aliphatic heterocycles. The molecule has 18 N–H and O–H groups in total. The zero-order valence-electron chi connectivity index (χ0n) is 71.5. The summed E-state index contributed by atoms with van der Waals surface area (Å²) in [5.41, 5.74) is 1.90. The zero-order chi connectivity index (χ0) is 92.3. The topological polar surface area (TPSA) is 695 Å². The fourth-order valence-corrected chi connectivity index (χ4v) is 14.3. The standard InChI is InChI=1S/C75H121N21O32/c1-43(100)78-58-65(110)62(107)52(40-97)125-72(58)121-28-24-117-20-16-92-36-47(82-86-92)32-90(33-48-37-93(87-83-48)17-21-120-27-31-124-75-61(81-46(4)103)68(113)69(114)71(116)128-75)14-6-5-8-51(70(115)77-13-7-12-76-55(104)11-15-96-56(105)9-10-57(96)106)91(34-49-38-94(88-84-49)18-22-118-25-29-122-73-59(79-44(2)101)66(111)63(108)53(41-98)126-73)35-50-39-95(89-85-50)19-23-119-26-30-123-74-60(80-45(3)102)67(112)64(109)54(42-99)127-74/h9-10,36-39,51-54,58-69,71-75,97-99,107-114,116H,5-8,11-35,40-42H2,1-4H3,(H,76,104)(H,77,115)(H,78,100)(H,79,101)(H,80,102)(H,81,103)/t51-,52+,53+,54+,58+,59+,60+,61+,62-,63-,64-,65+,66+,67+,68+,69+,71-,72+,73+,74?,75+/m0/s1. The number of ether oxygens (including phenoxy) is 12. The number of nitrogens with one attached hydrogen (secondary N) is 6. The van der Waals surface area contributed by atoms with Crippen LogP contribution in [0.1, 0.15) is 82.6 Å². The van der Waals surface area contributed by atoms with Crippen molar-refractivity contribution in [3.8, 4) is 0 Å². The molecule has 4 aromatic heterocycles. The van der Waals surface area contributed by atoms with Gasteiger partial charge in [-0.1, -0.05) is 27.3 Å².